The fourth-order valence-corrected chi connectivity index (χ4v) is 2.25. The molecule has 1 aromatic rings. The van der Waals surface area contributed by atoms with E-state index in [1.807, 2.05) is 24.3 Å². The minimum Gasteiger partial charge on any atom is -0.325 e. The molecule has 18 heavy (non-hydrogen) atoms. The Hall–Kier alpha value is -0.870. The Morgan fingerprint density at radius 3 is 2.67 bits per heavy atom. The number of carbonyl (C=O) groups is 1. The Labute approximate surface area is 116 Å². The maximum Gasteiger partial charge on any atom is 0.238 e. The van der Waals surface area contributed by atoms with Gasteiger partial charge in [0.15, 0.2) is 0 Å². The minimum atomic E-state index is 0.0142. The van der Waals surface area contributed by atoms with E-state index in [0.29, 0.717) is 12.5 Å². The standard InChI is InChI=1S/C14H19BrN2O/c1-10(11-2-3-11)8-16-9-14(18)17-13-6-4-12(15)5-7-13/h4-7,10-11,16H,2-3,8-9H2,1H3,(H,17,18). The summed E-state index contributed by atoms with van der Waals surface area (Å²) in [5.41, 5.74) is 0.834. The van der Waals surface area contributed by atoms with Gasteiger partial charge >= 0.3 is 0 Å². The van der Waals surface area contributed by atoms with Crippen molar-refractivity contribution in [2.75, 3.05) is 18.4 Å². The molecule has 1 saturated carbocycles. The number of hydrogen-bond donors (Lipinski definition) is 2. The molecule has 2 rings (SSSR count). The lowest BCUT2D eigenvalue weighted by Gasteiger charge is -2.11. The van der Waals surface area contributed by atoms with Crippen LogP contribution in [-0.2, 0) is 4.79 Å². The van der Waals surface area contributed by atoms with Crippen LogP contribution in [0.2, 0.25) is 0 Å². The lowest BCUT2D eigenvalue weighted by atomic mass is 10.1. The lowest BCUT2D eigenvalue weighted by Crippen LogP contribution is -2.31. The van der Waals surface area contributed by atoms with E-state index in [2.05, 4.69) is 33.5 Å². The van der Waals surface area contributed by atoms with E-state index in [1.165, 1.54) is 12.8 Å². The fourth-order valence-electron chi connectivity index (χ4n) is 1.98. The fraction of sp³-hybridized carbons (Fsp3) is 0.500. The summed E-state index contributed by atoms with van der Waals surface area (Å²) in [6.07, 6.45) is 2.71. The summed E-state index contributed by atoms with van der Waals surface area (Å²) in [5.74, 6) is 1.58. The van der Waals surface area contributed by atoms with Gasteiger partial charge in [0.2, 0.25) is 5.91 Å². The summed E-state index contributed by atoms with van der Waals surface area (Å²) >= 11 is 3.36. The van der Waals surface area contributed by atoms with Gasteiger partial charge in [-0.15, -0.1) is 0 Å². The van der Waals surface area contributed by atoms with Crippen molar-refractivity contribution in [3.05, 3.63) is 28.7 Å². The Bertz CT molecular complexity index is 401. The van der Waals surface area contributed by atoms with Crippen molar-refractivity contribution in [3.8, 4) is 0 Å². The van der Waals surface area contributed by atoms with E-state index < -0.39 is 0 Å². The molecule has 3 nitrogen and oxygen atoms in total. The highest BCUT2D eigenvalue weighted by atomic mass is 79.9. The Morgan fingerprint density at radius 1 is 1.39 bits per heavy atom. The first-order valence-electron chi connectivity index (χ1n) is 6.41. The van der Waals surface area contributed by atoms with Crippen LogP contribution in [0.5, 0.6) is 0 Å². The van der Waals surface area contributed by atoms with Crippen LogP contribution in [0.3, 0.4) is 0 Å². The van der Waals surface area contributed by atoms with E-state index in [-0.39, 0.29) is 5.91 Å². The van der Waals surface area contributed by atoms with Gasteiger partial charge in [-0.25, -0.2) is 0 Å². The van der Waals surface area contributed by atoms with Gasteiger partial charge in [0.25, 0.3) is 0 Å². The highest BCUT2D eigenvalue weighted by Gasteiger charge is 2.27. The van der Waals surface area contributed by atoms with Crippen molar-refractivity contribution < 1.29 is 4.79 Å². The van der Waals surface area contributed by atoms with Gasteiger partial charge in [-0.1, -0.05) is 22.9 Å². The highest BCUT2D eigenvalue weighted by molar-refractivity contribution is 9.10. The van der Waals surface area contributed by atoms with Gasteiger partial charge < -0.3 is 10.6 Å². The largest absolute Gasteiger partial charge is 0.325 e. The Balaban J connectivity index is 1.66. The van der Waals surface area contributed by atoms with Gasteiger partial charge in [-0.3, -0.25) is 4.79 Å². The summed E-state index contributed by atoms with van der Waals surface area (Å²) in [6.45, 7) is 3.56. The predicted molar refractivity (Wildman–Crippen MR) is 77.5 cm³/mol. The molecule has 0 spiro atoms. The molecule has 1 aliphatic carbocycles. The molecule has 4 heteroatoms. The van der Waals surface area contributed by atoms with E-state index >= 15 is 0 Å². The van der Waals surface area contributed by atoms with Crippen LogP contribution in [0, 0.1) is 11.8 Å². The van der Waals surface area contributed by atoms with Gasteiger partial charge in [-0.2, -0.15) is 0 Å². The first-order valence-corrected chi connectivity index (χ1v) is 7.20. The van der Waals surface area contributed by atoms with Crippen molar-refractivity contribution in [2.45, 2.75) is 19.8 Å². The zero-order valence-corrected chi connectivity index (χ0v) is 12.2. The van der Waals surface area contributed by atoms with Crippen LogP contribution in [0.25, 0.3) is 0 Å². The average Bonchev–Trinajstić information content (AvgIpc) is 3.16. The molecule has 1 aromatic carbocycles. The van der Waals surface area contributed by atoms with E-state index in [9.17, 15) is 4.79 Å². The van der Waals surface area contributed by atoms with Crippen molar-refractivity contribution in [2.24, 2.45) is 11.8 Å². The molecule has 1 amide bonds. The SMILES string of the molecule is CC(CNCC(=O)Nc1ccc(Br)cc1)C1CC1. The molecular weight excluding hydrogens is 292 g/mol. The summed E-state index contributed by atoms with van der Waals surface area (Å²) in [7, 11) is 0. The summed E-state index contributed by atoms with van der Waals surface area (Å²) in [6, 6.07) is 7.60. The smallest absolute Gasteiger partial charge is 0.238 e. The van der Waals surface area contributed by atoms with Crippen LogP contribution in [-0.4, -0.2) is 19.0 Å². The topological polar surface area (TPSA) is 41.1 Å². The number of halogens is 1. The molecule has 0 heterocycles. The molecule has 1 unspecified atom stereocenters. The number of nitrogens with one attached hydrogen (secondary N) is 2. The van der Waals surface area contributed by atoms with Gasteiger partial charge in [0.1, 0.15) is 0 Å². The lowest BCUT2D eigenvalue weighted by molar-refractivity contribution is -0.115. The Morgan fingerprint density at radius 2 is 2.06 bits per heavy atom. The van der Waals surface area contributed by atoms with Crippen LogP contribution in [0.15, 0.2) is 28.7 Å². The van der Waals surface area contributed by atoms with E-state index in [4.69, 9.17) is 0 Å². The summed E-state index contributed by atoms with van der Waals surface area (Å²) in [5, 5.41) is 6.08. The zero-order chi connectivity index (χ0) is 13.0. The molecule has 1 aliphatic rings. The van der Waals surface area contributed by atoms with Crippen LogP contribution < -0.4 is 10.6 Å². The van der Waals surface area contributed by atoms with E-state index in [1.54, 1.807) is 0 Å². The minimum absolute atomic E-state index is 0.0142. The van der Waals surface area contributed by atoms with Crippen molar-refractivity contribution in [1.82, 2.24) is 5.32 Å². The second-order valence-corrected chi connectivity index (χ2v) is 5.92. The van der Waals surface area contributed by atoms with Crippen molar-refractivity contribution in [3.63, 3.8) is 0 Å². The number of amides is 1. The number of benzene rings is 1. The van der Waals surface area contributed by atoms with Crippen molar-refractivity contribution in [1.29, 1.82) is 0 Å². The van der Waals surface area contributed by atoms with E-state index in [0.717, 1.165) is 22.6 Å². The maximum absolute atomic E-state index is 11.7. The first kappa shape index (κ1) is 13.6. The number of carbonyl (C=O) groups excluding carboxylic acids is 1. The molecule has 1 atom stereocenters. The number of anilines is 1. The molecule has 0 radical (unpaired) electrons. The molecule has 0 aromatic heterocycles. The van der Waals surface area contributed by atoms with Crippen molar-refractivity contribution >= 4 is 27.5 Å². The molecule has 98 valence electrons. The predicted octanol–water partition coefficient (Wildman–Crippen LogP) is 3.02. The summed E-state index contributed by atoms with van der Waals surface area (Å²) < 4.78 is 1.01. The molecule has 2 N–H and O–H groups in total. The number of rotatable bonds is 6. The average molecular weight is 311 g/mol. The van der Waals surface area contributed by atoms with Gasteiger partial charge in [0.05, 0.1) is 6.54 Å². The third-order valence-corrected chi connectivity index (χ3v) is 3.84. The van der Waals surface area contributed by atoms with Gasteiger partial charge in [-0.05, 0) is 55.5 Å². The monoisotopic (exact) mass is 310 g/mol. The molecule has 0 saturated heterocycles. The second kappa shape index (κ2) is 6.34. The highest BCUT2D eigenvalue weighted by Crippen LogP contribution is 2.35. The van der Waals surface area contributed by atoms with Crippen LogP contribution in [0.4, 0.5) is 5.69 Å². The normalized spacial score (nSPS) is 16.3. The van der Waals surface area contributed by atoms with Gasteiger partial charge in [0, 0.05) is 10.2 Å². The zero-order valence-electron chi connectivity index (χ0n) is 10.6. The molecule has 0 aliphatic heterocycles. The number of hydrogen-bond acceptors (Lipinski definition) is 2. The second-order valence-electron chi connectivity index (χ2n) is 5.00. The van der Waals surface area contributed by atoms with Crippen LogP contribution >= 0.6 is 15.9 Å². The quantitative estimate of drug-likeness (QED) is 0.848. The molecule has 0 bridgehead atoms. The maximum atomic E-state index is 11.7. The summed E-state index contributed by atoms with van der Waals surface area (Å²) in [4.78, 5) is 11.7. The third kappa shape index (κ3) is 4.42. The Kier molecular flexibility index (Phi) is 4.78. The third-order valence-electron chi connectivity index (χ3n) is 3.31. The molecular formula is C14H19BrN2O. The molecule has 1 fully saturated rings. The van der Waals surface area contributed by atoms with Crippen LogP contribution in [0.1, 0.15) is 19.8 Å². The first-order chi connectivity index (χ1) is 8.65.